The van der Waals surface area contributed by atoms with E-state index < -0.39 is 11.6 Å². The van der Waals surface area contributed by atoms with Gasteiger partial charge in [-0.3, -0.25) is 0 Å². The molecule has 0 aliphatic heterocycles. The van der Waals surface area contributed by atoms with Crippen molar-refractivity contribution >= 4 is 33.3 Å². The van der Waals surface area contributed by atoms with E-state index in [-0.39, 0.29) is 16.1 Å². The van der Waals surface area contributed by atoms with E-state index in [1.54, 1.807) is 13.1 Å². The molecule has 0 amide bonds. The molecule has 0 fully saturated rings. The molecule has 0 aliphatic rings. The van der Waals surface area contributed by atoms with Gasteiger partial charge in [-0.15, -0.1) is 0 Å². The number of nitrogens with zero attached hydrogens (tertiary/aromatic N) is 2. The lowest BCUT2D eigenvalue weighted by Crippen LogP contribution is -2.06. The molecule has 0 aliphatic carbocycles. The van der Waals surface area contributed by atoms with Crippen LogP contribution in [0.15, 0.2) is 22.7 Å². The third-order valence-electron chi connectivity index (χ3n) is 2.79. The number of hydrogen-bond donors (Lipinski definition) is 2. The van der Waals surface area contributed by atoms with Crippen molar-refractivity contribution < 1.29 is 8.78 Å². The molecular weight excluding hydrogens is 342 g/mol. The Balaban J connectivity index is 2.39. The zero-order chi connectivity index (χ0) is 15.6. The summed E-state index contributed by atoms with van der Waals surface area (Å²) in [4.78, 5) is 8.65. The summed E-state index contributed by atoms with van der Waals surface area (Å²) in [6.07, 6.45) is 0. The lowest BCUT2D eigenvalue weighted by Gasteiger charge is -2.12. The second-order valence-corrected chi connectivity index (χ2v) is 5.63. The largest absolute Gasteiger partial charge is 0.373 e. The molecule has 112 valence electrons. The van der Waals surface area contributed by atoms with Gasteiger partial charge in [0.1, 0.15) is 29.1 Å². The number of anilines is 3. The molecule has 2 aromatic rings. The quantitative estimate of drug-likeness (QED) is 0.795. The highest BCUT2D eigenvalue weighted by atomic mass is 79.9. The van der Waals surface area contributed by atoms with Crippen molar-refractivity contribution in [2.75, 3.05) is 17.7 Å². The van der Waals surface area contributed by atoms with Gasteiger partial charge in [0.25, 0.3) is 0 Å². The molecule has 0 saturated carbocycles. The van der Waals surface area contributed by atoms with Crippen LogP contribution < -0.4 is 10.6 Å². The fourth-order valence-corrected chi connectivity index (χ4v) is 2.02. The topological polar surface area (TPSA) is 49.8 Å². The van der Waals surface area contributed by atoms with Gasteiger partial charge >= 0.3 is 0 Å². The predicted molar refractivity (Wildman–Crippen MR) is 83.0 cm³/mol. The highest BCUT2D eigenvalue weighted by Crippen LogP contribution is 2.27. The van der Waals surface area contributed by atoms with E-state index in [0.29, 0.717) is 17.5 Å². The minimum atomic E-state index is -0.689. The first kappa shape index (κ1) is 15.6. The summed E-state index contributed by atoms with van der Waals surface area (Å²) in [6.45, 7) is 3.93. The molecule has 4 nitrogen and oxygen atoms in total. The Bertz CT molecular complexity index is 662. The molecule has 0 unspecified atom stereocenters. The lowest BCUT2D eigenvalue weighted by molar-refractivity contribution is 0.581. The molecule has 0 radical (unpaired) electrons. The molecule has 2 N–H and O–H groups in total. The first-order chi connectivity index (χ1) is 9.90. The fraction of sp³-hybridized carbons (Fsp3) is 0.286. The first-order valence-electron chi connectivity index (χ1n) is 6.39. The summed E-state index contributed by atoms with van der Waals surface area (Å²) < 4.78 is 27.2. The molecule has 1 aromatic carbocycles. The predicted octanol–water partition coefficient (Wildman–Crippen LogP) is 4.43. The van der Waals surface area contributed by atoms with Crippen LogP contribution in [-0.2, 0) is 0 Å². The minimum Gasteiger partial charge on any atom is -0.373 e. The van der Waals surface area contributed by atoms with E-state index in [0.717, 1.165) is 6.07 Å². The molecule has 0 saturated heterocycles. The van der Waals surface area contributed by atoms with E-state index in [2.05, 4.69) is 36.5 Å². The van der Waals surface area contributed by atoms with E-state index in [1.165, 1.54) is 6.07 Å². The fourth-order valence-electron chi connectivity index (χ4n) is 1.67. The standard InChI is InChI=1S/C14H15BrF2N4/c1-7(2)14-20-12(18-3)6-13(21-14)19-11-4-8(15)9(16)5-10(11)17/h4-7H,1-3H3,(H2,18,19,20,21). The Hall–Kier alpha value is -1.76. The summed E-state index contributed by atoms with van der Waals surface area (Å²) in [6, 6.07) is 3.80. The normalized spacial score (nSPS) is 10.8. The Morgan fingerprint density at radius 3 is 2.33 bits per heavy atom. The van der Waals surface area contributed by atoms with Gasteiger partial charge in [-0.25, -0.2) is 18.7 Å². The molecule has 0 atom stereocenters. The van der Waals surface area contributed by atoms with Gasteiger partial charge in [-0.2, -0.15) is 0 Å². The van der Waals surface area contributed by atoms with Gasteiger partial charge in [-0.1, -0.05) is 13.8 Å². The van der Waals surface area contributed by atoms with Crippen LogP contribution in [0.25, 0.3) is 0 Å². The van der Waals surface area contributed by atoms with Gasteiger partial charge in [0, 0.05) is 25.1 Å². The monoisotopic (exact) mass is 356 g/mol. The van der Waals surface area contributed by atoms with Crippen LogP contribution in [0, 0.1) is 11.6 Å². The van der Waals surface area contributed by atoms with Crippen molar-refractivity contribution in [2.24, 2.45) is 0 Å². The highest BCUT2D eigenvalue weighted by molar-refractivity contribution is 9.10. The third-order valence-corrected chi connectivity index (χ3v) is 3.40. The zero-order valence-electron chi connectivity index (χ0n) is 11.8. The Labute approximate surface area is 130 Å². The average Bonchev–Trinajstić information content (AvgIpc) is 2.44. The molecule has 0 bridgehead atoms. The highest BCUT2D eigenvalue weighted by Gasteiger charge is 2.11. The van der Waals surface area contributed by atoms with Crippen molar-refractivity contribution in [3.05, 3.63) is 40.1 Å². The van der Waals surface area contributed by atoms with Crippen LogP contribution in [0.5, 0.6) is 0 Å². The Kier molecular flexibility index (Phi) is 4.72. The van der Waals surface area contributed by atoms with Crippen LogP contribution in [0.2, 0.25) is 0 Å². The average molecular weight is 357 g/mol. The molecule has 1 aromatic heterocycles. The minimum absolute atomic E-state index is 0.128. The number of hydrogen-bond acceptors (Lipinski definition) is 4. The van der Waals surface area contributed by atoms with Crippen LogP contribution >= 0.6 is 15.9 Å². The number of nitrogens with one attached hydrogen (secondary N) is 2. The number of rotatable bonds is 4. The van der Waals surface area contributed by atoms with Crippen molar-refractivity contribution in [1.82, 2.24) is 9.97 Å². The van der Waals surface area contributed by atoms with Crippen LogP contribution in [-0.4, -0.2) is 17.0 Å². The van der Waals surface area contributed by atoms with Gasteiger partial charge in [0.05, 0.1) is 10.2 Å². The second kappa shape index (κ2) is 6.34. The van der Waals surface area contributed by atoms with Gasteiger partial charge in [0.15, 0.2) is 0 Å². The van der Waals surface area contributed by atoms with Crippen molar-refractivity contribution in [3.8, 4) is 0 Å². The zero-order valence-corrected chi connectivity index (χ0v) is 13.4. The third kappa shape index (κ3) is 3.66. The molecule has 2 rings (SSSR count). The molecule has 7 heteroatoms. The number of benzene rings is 1. The lowest BCUT2D eigenvalue weighted by atomic mass is 10.2. The van der Waals surface area contributed by atoms with Crippen molar-refractivity contribution in [2.45, 2.75) is 19.8 Å². The van der Waals surface area contributed by atoms with Gasteiger partial charge in [-0.05, 0) is 22.0 Å². The van der Waals surface area contributed by atoms with Crippen LogP contribution in [0.4, 0.5) is 26.1 Å². The SMILES string of the molecule is CNc1cc(Nc2cc(Br)c(F)cc2F)nc(C(C)C)n1. The summed E-state index contributed by atoms with van der Waals surface area (Å²) in [5, 5.41) is 5.78. The smallest absolute Gasteiger partial charge is 0.149 e. The maximum absolute atomic E-state index is 13.8. The van der Waals surface area contributed by atoms with Crippen LogP contribution in [0.1, 0.15) is 25.6 Å². The molecule has 21 heavy (non-hydrogen) atoms. The van der Waals surface area contributed by atoms with Gasteiger partial charge < -0.3 is 10.6 Å². The molecule has 1 heterocycles. The maximum Gasteiger partial charge on any atom is 0.149 e. The van der Waals surface area contributed by atoms with Gasteiger partial charge in [0.2, 0.25) is 0 Å². The van der Waals surface area contributed by atoms with Crippen LogP contribution in [0.3, 0.4) is 0 Å². The Morgan fingerprint density at radius 1 is 1.05 bits per heavy atom. The second-order valence-electron chi connectivity index (χ2n) is 4.77. The summed E-state index contributed by atoms with van der Waals surface area (Å²) in [5.74, 6) is 0.480. The first-order valence-corrected chi connectivity index (χ1v) is 7.18. The number of aromatic nitrogens is 2. The van der Waals surface area contributed by atoms with E-state index in [4.69, 9.17) is 0 Å². The summed E-state index contributed by atoms with van der Waals surface area (Å²) in [5.41, 5.74) is 0.138. The summed E-state index contributed by atoms with van der Waals surface area (Å²) >= 11 is 3.03. The maximum atomic E-state index is 13.8. The van der Waals surface area contributed by atoms with E-state index >= 15 is 0 Å². The van der Waals surface area contributed by atoms with Crippen molar-refractivity contribution in [1.29, 1.82) is 0 Å². The number of halogens is 3. The molecular formula is C14H15BrF2N4. The van der Waals surface area contributed by atoms with Crippen molar-refractivity contribution in [3.63, 3.8) is 0 Å². The van der Waals surface area contributed by atoms with E-state index in [1.807, 2.05) is 13.8 Å². The van der Waals surface area contributed by atoms with E-state index in [9.17, 15) is 8.78 Å². The summed E-state index contributed by atoms with van der Waals surface area (Å²) in [7, 11) is 1.74. The molecule has 0 spiro atoms. The Morgan fingerprint density at radius 2 is 1.71 bits per heavy atom.